The molecule has 2 heterocycles. The number of carbonyl (C=O) groups is 2. The summed E-state index contributed by atoms with van der Waals surface area (Å²) in [6, 6.07) is 17.6. The highest BCUT2D eigenvalue weighted by molar-refractivity contribution is 7.99. The zero-order valence-electron chi connectivity index (χ0n) is 17.3. The predicted molar refractivity (Wildman–Crippen MR) is 119 cm³/mol. The van der Waals surface area contributed by atoms with Gasteiger partial charge in [-0.15, -0.1) is 5.10 Å². The van der Waals surface area contributed by atoms with Crippen molar-refractivity contribution >= 4 is 29.3 Å². The molecule has 1 saturated heterocycles. The molecule has 4 rings (SSSR count). The summed E-state index contributed by atoms with van der Waals surface area (Å²) >= 11 is 1.26. The minimum absolute atomic E-state index is 0.0432. The van der Waals surface area contributed by atoms with E-state index in [1.807, 2.05) is 23.1 Å². The first-order valence-electron chi connectivity index (χ1n) is 10.2. The fraction of sp³-hybridized carbons (Fsp3) is 0.318. The number of carbonyl (C=O) groups excluding carboxylic acids is 2. The van der Waals surface area contributed by atoms with Crippen molar-refractivity contribution in [2.75, 3.05) is 17.6 Å². The molecule has 1 N–H and O–H groups in total. The van der Waals surface area contributed by atoms with E-state index in [2.05, 4.69) is 33.0 Å². The third-order valence-corrected chi connectivity index (χ3v) is 6.29. The standard InChI is InChI=1S/C22H24N6O2S/c1-27-22(24-25-26-27)31-15-20(29)23-18-11-9-17(10-12-18)21(30)28-13-5-8-19(28)14-16-6-3-2-4-7-16/h2-4,6-7,9-12,19H,5,8,13-15H2,1H3,(H,23,29)/t19-/m1/s1. The van der Waals surface area contributed by atoms with Gasteiger partial charge >= 0.3 is 0 Å². The Morgan fingerprint density at radius 2 is 1.90 bits per heavy atom. The maximum atomic E-state index is 13.1. The Balaban J connectivity index is 1.33. The van der Waals surface area contributed by atoms with Crippen molar-refractivity contribution in [1.29, 1.82) is 0 Å². The van der Waals surface area contributed by atoms with Crippen molar-refractivity contribution < 1.29 is 9.59 Å². The van der Waals surface area contributed by atoms with Crippen molar-refractivity contribution in [2.45, 2.75) is 30.5 Å². The van der Waals surface area contributed by atoms with Crippen LogP contribution in [0.4, 0.5) is 5.69 Å². The van der Waals surface area contributed by atoms with E-state index in [1.54, 1.807) is 31.3 Å². The molecular weight excluding hydrogens is 412 g/mol. The van der Waals surface area contributed by atoms with Gasteiger partial charge in [0, 0.05) is 30.9 Å². The molecular formula is C22H24N6O2S. The number of aromatic nitrogens is 4. The smallest absolute Gasteiger partial charge is 0.254 e. The second-order valence-electron chi connectivity index (χ2n) is 7.48. The quantitative estimate of drug-likeness (QED) is 0.573. The Kier molecular flexibility index (Phi) is 6.61. The summed E-state index contributed by atoms with van der Waals surface area (Å²) < 4.78 is 1.52. The Labute approximate surface area is 185 Å². The number of thioether (sulfide) groups is 1. The molecule has 1 aromatic heterocycles. The third-order valence-electron chi connectivity index (χ3n) is 5.28. The minimum Gasteiger partial charge on any atom is -0.335 e. The molecule has 1 aliphatic rings. The van der Waals surface area contributed by atoms with Gasteiger partial charge in [0.2, 0.25) is 11.1 Å². The van der Waals surface area contributed by atoms with E-state index in [1.165, 1.54) is 22.0 Å². The summed E-state index contributed by atoms with van der Waals surface area (Å²) in [5.41, 5.74) is 2.54. The van der Waals surface area contributed by atoms with Crippen LogP contribution >= 0.6 is 11.8 Å². The van der Waals surface area contributed by atoms with Crippen LogP contribution in [0.5, 0.6) is 0 Å². The van der Waals surface area contributed by atoms with Gasteiger partial charge in [0.15, 0.2) is 0 Å². The van der Waals surface area contributed by atoms with Gasteiger partial charge in [-0.05, 0) is 59.5 Å². The minimum atomic E-state index is -0.158. The fourth-order valence-electron chi connectivity index (χ4n) is 3.73. The Bertz CT molecular complexity index is 1040. The number of hydrogen-bond donors (Lipinski definition) is 1. The van der Waals surface area contributed by atoms with Crippen LogP contribution in [-0.4, -0.2) is 55.3 Å². The third kappa shape index (κ3) is 5.29. The Morgan fingerprint density at radius 3 is 2.61 bits per heavy atom. The molecule has 31 heavy (non-hydrogen) atoms. The van der Waals surface area contributed by atoms with E-state index >= 15 is 0 Å². The topological polar surface area (TPSA) is 93.0 Å². The lowest BCUT2D eigenvalue weighted by Crippen LogP contribution is -2.36. The Morgan fingerprint density at radius 1 is 1.13 bits per heavy atom. The number of benzene rings is 2. The first-order valence-corrected chi connectivity index (χ1v) is 11.2. The van der Waals surface area contributed by atoms with Gasteiger partial charge in [-0.3, -0.25) is 9.59 Å². The van der Waals surface area contributed by atoms with E-state index < -0.39 is 0 Å². The van der Waals surface area contributed by atoms with Crippen molar-refractivity contribution in [3.8, 4) is 0 Å². The molecule has 3 aromatic rings. The molecule has 0 spiro atoms. The van der Waals surface area contributed by atoms with E-state index in [0.717, 1.165) is 25.8 Å². The molecule has 2 aromatic carbocycles. The number of rotatable bonds is 7. The van der Waals surface area contributed by atoms with E-state index in [9.17, 15) is 9.59 Å². The van der Waals surface area contributed by atoms with Gasteiger partial charge in [-0.25, -0.2) is 4.68 Å². The number of nitrogens with zero attached hydrogens (tertiary/aromatic N) is 5. The maximum Gasteiger partial charge on any atom is 0.254 e. The van der Waals surface area contributed by atoms with Crippen molar-refractivity contribution in [1.82, 2.24) is 25.1 Å². The number of anilines is 1. The number of tetrazole rings is 1. The van der Waals surface area contributed by atoms with E-state index in [-0.39, 0.29) is 23.6 Å². The summed E-state index contributed by atoms with van der Waals surface area (Å²) in [4.78, 5) is 27.2. The second-order valence-corrected chi connectivity index (χ2v) is 8.43. The summed E-state index contributed by atoms with van der Waals surface area (Å²) in [6.07, 6.45) is 2.92. The van der Waals surface area contributed by atoms with Crippen LogP contribution in [0.1, 0.15) is 28.8 Å². The average molecular weight is 437 g/mol. The molecule has 9 heteroatoms. The second kappa shape index (κ2) is 9.74. The molecule has 0 bridgehead atoms. The van der Waals surface area contributed by atoms with Crippen LogP contribution in [0.2, 0.25) is 0 Å². The highest BCUT2D eigenvalue weighted by Crippen LogP contribution is 2.24. The molecule has 1 aliphatic heterocycles. The zero-order chi connectivity index (χ0) is 21.6. The number of hydrogen-bond acceptors (Lipinski definition) is 6. The molecule has 0 unspecified atom stereocenters. The lowest BCUT2D eigenvalue weighted by atomic mass is 10.0. The Hall–Kier alpha value is -3.20. The molecule has 2 amide bonds. The van der Waals surface area contributed by atoms with Gasteiger partial charge in [0.05, 0.1) is 5.75 Å². The maximum absolute atomic E-state index is 13.1. The van der Waals surface area contributed by atoms with E-state index in [0.29, 0.717) is 16.4 Å². The predicted octanol–water partition coefficient (Wildman–Crippen LogP) is 2.79. The van der Waals surface area contributed by atoms with Gasteiger partial charge in [0.1, 0.15) is 0 Å². The van der Waals surface area contributed by atoms with Gasteiger partial charge in [0.25, 0.3) is 5.91 Å². The fourth-order valence-corrected chi connectivity index (χ4v) is 4.38. The van der Waals surface area contributed by atoms with Crippen molar-refractivity contribution in [3.63, 3.8) is 0 Å². The molecule has 1 atom stereocenters. The summed E-state index contributed by atoms with van der Waals surface area (Å²) in [7, 11) is 1.72. The largest absolute Gasteiger partial charge is 0.335 e. The molecule has 0 radical (unpaired) electrons. The average Bonchev–Trinajstić information content (AvgIpc) is 3.42. The SMILES string of the molecule is Cn1nnnc1SCC(=O)Nc1ccc(C(=O)N2CCC[C@@H]2Cc2ccccc2)cc1. The highest BCUT2D eigenvalue weighted by atomic mass is 32.2. The number of aryl methyl sites for hydroxylation is 1. The summed E-state index contributed by atoms with van der Waals surface area (Å²) in [6.45, 7) is 0.781. The molecule has 1 fully saturated rings. The summed E-state index contributed by atoms with van der Waals surface area (Å²) in [5.74, 6) is 0.0836. The summed E-state index contributed by atoms with van der Waals surface area (Å²) in [5, 5.41) is 14.5. The number of nitrogens with one attached hydrogen (secondary N) is 1. The lowest BCUT2D eigenvalue weighted by Gasteiger charge is -2.25. The van der Waals surface area contributed by atoms with Gasteiger partial charge in [-0.1, -0.05) is 42.1 Å². The zero-order valence-corrected chi connectivity index (χ0v) is 18.1. The number of likely N-dealkylation sites (tertiary alicyclic amines) is 1. The van der Waals surface area contributed by atoms with Gasteiger partial charge < -0.3 is 10.2 Å². The lowest BCUT2D eigenvalue weighted by molar-refractivity contribution is -0.113. The van der Waals surface area contributed by atoms with Crippen LogP contribution in [0.15, 0.2) is 59.8 Å². The van der Waals surface area contributed by atoms with Crippen LogP contribution in [-0.2, 0) is 18.3 Å². The molecule has 0 aliphatic carbocycles. The van der Waals surface area contributed by atoms with Crippen LogP contribution in [0, 0.1) is 0 Å². The molecule has 8 nitrogen and oxygen atoms in total. The highest BCUT2D eigenvalue weighted by Gasteiger charge is 2.29. The van der Waals surface area contributed by atoms with Crippen molar-refractivity contribution in [2.24, 2.45) is 7.05 Å². The first kappa shape index (κ1) is 21.0. The monoisotopic (exact) mass is 436 g/mol. The van der Waals surface area contributed by atoms with E-state index in [4.69, 9.17) is 0 Å². The molecule has 160 valence electrons. The van der Waals surface area contributed by atoms with Crippen molar-refractivity contribution in [3.05, 3.63) is 65.7 Å². The van der Waals surface area contributed by atoms with Crippen LogP contribution in [0.25, 0.3) is 0 Å². The van der Waals surface area contributed by atoms with Crippen LogP contribution in [0.3, 0.4) is 0 Å². The first-order chi connectivity index (χ1) is 15.1. The van der Waals surface area contributed by atoms with Gasteiger partial charge in [-0.2, -0.15) is 0 Å². The molecule has 0 saturated carbocycles. The number of amides is 2. The van der Waals surface area contributed by atoms with Crippen LogP contribution < -0.4 is 5.32 Å². The normalized spacial score (nSPS) is 15.8.